The molecule has 7 heteroatoms. The Morgan fingerprint density at radius 1 is 1.32 bits per heavy atom. The third-order valence-electron chi connectivity index (χ3n) is 2.15. The van der Waals surface area contributed by atoms with Gasteiger partial charge < -0.3 is 4.74 Å². The van der Waals surface area contributed by atoms with E-state index in [1.54, 1.807) is 6.92 Å². The lowest BCUT2D eigenvalue weighted by molar-refractivity contribution is -0.138. The number of hydrogen-bond acceptors (Lipinski definition) is 2. The summed E-state index contributed by atoms with van der Waals surface area (Å²) >= 11 is 11.1. The molecule has 0 unspecified atom stereocenters. The lowest BCUT2D eigenvalue weighted by Gasteiger charge is -2.11. The number of carbonyl (C=O) groups excluding carboxylic acids is 1. The number of benzene rings is 1. The second-order valence-electron chi connectivity index (χ2n) is 3.43. The molecule has 0 bridgehead atoms. The fourth-order valence-corrected chi connectivity index (χ4v) is 1.73. The van der Waals surface area contributed by atoms with Crippen LogP contribution in [0.2, 0.25) is 0 Å². The van der Waals surface area contributed by atoms with Crippen LogP contribution in [-0.2, 0) is 15.7 Å². The maximum atomic E-state index is 12.6. The highest BCUT2D eigenvalue weighted by Gasteiger charge is 2.31. The predicted molar refractivity (Wildman–Crippen MR) is 66.7 cm³/mol. The molecule has 0 amide bonds. The Balaban J connectivity index is 3.27. The van der Waals surface area contributed by atoms with Crippen LogP contribution in [0.5, 0.6) is 0 Å². The zero-order valence-corrected chi connectivity index (χ0v) is 11.2. The number of hydrogen-bond donors (Lipinski definition) is 0. The maximum Gasteiger partial charge on any atom is 0.416 e. The Morgan fingerprint density at radius 3 is 2.42 bits per heavy atom. The third-order valence-corrected chi connectivity index (χ3v) is 2.53. The first kappa shape index (κ1) is 15.9. The van der Waals surface area contributed by atoms with E-state index in [9.17, 15) is 18.0 Å². The van der Waals surface area contributed by atoms with Crippen molar-refractivity contribution in [2.75, 3.05) is 6.61 Å². The van der Waals surface area contributed by atoms with Gasteiger partial charge in [-0.25, -0.2) is 4.79 Å². The minimum absolute atomic E-state index is 0.0479. The SMILES string of the molecule is CCOC(=O)C(=C(Cl)Cl)c1cccc(C(F)(F)F)c1. The van der Waals surface area contributed by atoms with Crippen molar-refractivity contribution in [2.24, 2.45) is 0 Å². The smallest absolute Gasteiger partial charge is 0.416 e. The number of alkyl halides is 3. The molecule has 0 aliphatic carbocycles. The fourth-order valence-electron chi connectivity index (χ4n) is 1.36. The highest BCUT2D eigenvalue weighted by Crippen LogP contribution is 2.33. The van der Waals surface area contributed by atoms with Gasteiger partial charge in [0.05, 0.1) is 17.7 Å². The monoisotopic (exact) mass is 312 g/mol. The van der Waals surface area contributed by atoms with Gasteiger partial charge >= 0.3 is 12.1 Å². The van der Waals surface area contributed by atoms with Gasteiger partial charge in [0.15, 0.2) is 0 Å². The average molecular weight is 313 g/mol. The zero-order valence-electron chi connectivity index (χ0n) is 9.72. The van der Waals surface area contributed by atoms with E-state index in [4.69, 9.17) is 27.9 Å². The molecule has 1 aromatic rings. The van der Waals surface area contributed by atoms with E-state index in [1.807, 2.05) is 0 Å². The van der Waals surface area contributed by atoms with E-state index < -0.39 is 22.2 Å². The van der Waals surface area contributed by atoms with Crippen LogP contribution in [0.15, 0.2) is 28.8 Å². The first-order valence-corrected chi connectivity index (χ1v) is 5.93. The lowest BCUT2D eigenvalue weighted by Crippen LogP contribution is -2.10. The van der Waals surface area contributed by atoms with Crippen LogP contribution in [0.3, 0.4) is 0 Å². The zero-order chi connectivity index (χ0) is 14.6. The molecule has 0 saturated heterocycles. The van der Waals surface area contributed by atoms with Crippen molar-refractivity contribution in [3.05, 3.63) is 39.9 Å². The lowest BCUT2D eigenvalue weighted by atomic mass is 10.0. The van der Waals surface area contributed by atoms with Gasteiger partial charge in [-0.3, -0.25) is 0 Å². The van der Waals surface area contributed by atoms with Gasteiger partial charge in [-0.15, -0.1) is 0 Å². The number of halogens is 5. The van der Waals surface area contributed by atoms with Crippen molar-refractivity contribution in [2.45, 2.75) is 13.1 Å². The molecule has 1 aromatic carbocycles. The van der Waals surface area contributed by atoms with Crippen molar-refractivity contribution in [3.63, 3.8) is 0 Å². The van der Waals surface area contributed by atoms with E-state index in [0.29, 0.717) is 0 Å². The van der Waals surface area contributed by atoms with Gasteiger partial charge in [-0.2, -0.15) is 13.2 Å². The van der Waals surface area contributed by atoms with Crippen LogP contribution in [0.1, 0.15) is 18.1 Å². The van der Waals surface area contributed by atoms with Crippen molar-refractivity contribution < 1.29 is 22.7 Å². The summed E-state index contributed by atoms with van der Waals surface area (Å²) in [5.41, 5.74) is -1.24. The van der Waals surface area contributed by atoms with Gasteiger partial charge in [-0.1, -0.05) is 35.3 Å². The summed E-state index contributed by atoms with van der Waals surface area (Å²) in [6.07, 6.45) is -4.52. The first-order chi connectivity index (χ1) is 8.77. The first-order valence-electron chi connectivity index (χ1n) is 5.17. The average Bonchev–Trinajstić information content (AvgIpc) is 2.28. The summed E-state index contributed by atoms with van der Waals surface area (Å²) in [5.74, 6) is -0.873. The Bertz CT molecular complexity index is 506. The van der Waals surface area contributed by atoms with Gasteiger partial charge in [-0.05, 0) is 24.6 Å². The van der Waals surface area contributed by atoms with E-state index in [-0.39, 0.29) is 17.7 Å². The molecule has 0 saturated carbocycles. The molecule has 104 valence electrons. The minimum Gasteiger partial charge on any atom is -0.462 e. The summed E-state index contributed by atoms with van der Waals surface area (Å²) < 4.78 is 42.0. The van der Waals surface area contributed by atoms with Crippen LogP contribution in [-0.4, -0.2) is 12.6 Å². The normalized spacial score (nSPS) is 11.1. The summed E-state index contributed by atoms with van der Waals surface area (Å²) in [4.78, 5) is 11.6. The molecule has 0 aliphatic rings. The maximum absolute atomic E-state index is 12.6. The van der Waals surface area contributed by atoms with Gasteiger partial charge in [0.1, 0.15) is 4.49 Å². The van der Waals surface area contributed by atoms with E-state index in [0.717, 1.165) is 18.2 Å². The molecule has 0 radical (unpaired) electrons. The number of esters is 1. The Hall–Kier alpha value is -1.20. The topological polar surface area (TPSA) is 26.3 Å². The molecule has 0 spiro atoms. The molecule has 0 N–H and O–H groups in total. The summed E-state index contributed by atoms with van der Waals surface area (Å²) in [6, 6.07) is 4.13. The van der Waals surface area contributed by atoms with Crippen molar-refractivity contribution in [1.29, 1.82) is 0 Å². The van der Waals surface area contributed by atoms with Crippen LogP contribution >= 0.6 is 23.2 Å². The third kappa shape index (κ3) is 4.14. The second-order valence-corrected chi connectivity index (χ2v) is 4.38. The standard InChI is InChI=1S/C12H9Cl2F3O2/c1-2-19-11(18)9(10(13)14)7-4-3-5-8(6-7)12(15,16)17/h3-6H,2H2,1H3. The largest absolute Gasteiger partial charge is 0.462 e. The number of ether oxygens (including phenoxy) is 1. The van der Waals surface area contributed by atoms with E-state index >= 15 is 0 Å². The fraction of sp³-hybridized carbons (Fsp3) is 0.250. The van der Waals surface area contributed by atoms with Crippen LogP contribution < -0.4 is 0 Å². The van der Waals surface area contributed by atoms with Crippen LogP contribution in [0, 0.1) is 0 Å². The van der Waals surface area contributed by atoms with Crippen molar-refractivity contribution in [1.82, 2.24) is 0 Å². The Morgan fingerprint density at radius 2 is 1.95 bits per heavy atom. The Kier molecular flexibility index (Phi) is 5.26. The Labute approximate surface area is 117 Å². The minimum atomic E-state index is -4.52. The van der Waals surface area contributed by atoms with Crippen LogP contribution in [0.4, 0.5) is 13.2 Å². The molecule has 0 aliphatic heterocycles. The highest BCUT2D eigenvalue weighted by molar-refractivity contribution is 6.61. The number of rotatable bonds is 3. The molecular weight excluding hydrogens is 304 g/mol. The summed E-state index contributed by atoms with van der Waals surface area (Å²) in [6.45, 7) is 1.62. The molecule has 19 heavy (non-hydrogen) atoms. The summed E-state index contributed by atoms with van der Waals surface area (Å²) in [5, 5.41) is 0. The van der Waals surface area contributed by atoms with Crippen LogP contribution in [0.25, 0.3) is 5.57 Å². The van der Waals surface area contributed by atoms with E-state index in [2.05, 4.69) is 0 Å². The molecule has 1 rings (SSSR count). The predicted octanol–water partition coefficient (Wildman–Crippen LogP) is 4.41. The van der Waals surface area contributed by atoms with E-state index in [1.165, 1.54) is 6.07 Å². The highest BCUT2D eigenvalue weighted by atomic mass is 35.5. The van der Waals surface area contributed by atoms with Gasteiger partial charge in [0.25, 0.3) is 0 Å². The quantitative estimate of drug-likeness (QED) is 0.610. The van der Waals surface area contributed by atoms with Crippen molar-refractivity contribution in [3.8, 4) is 0 Å². The second kappa shape index (κ2) is 6.30. The molecule has 0 atom stereocenters. The number of carbonyl (C=O) groups is 1. The molecule has 2 nitrogen and oxygen atoms in total. The van der Waals surface area contributed by atoms with Gasteiger partial charge in [0.2, 0.25) is 0 Å². The summed E-state index contributed by atoms with van der Waals surface area (Å²) in [7, 11) is 0. The molecule has 0 fully saturated rings. The molecule has 0 heterocycles. The van der Waals surface area contributed by atoms with Crippen molar-refractivity contribution >= 4 is 34.7 Å². The molecule has 0 aromatic heterocycles. The molecular formula is C12H9Cl2F3O2. The van der Waals surface area contributed by atoms with Gasteiger partial charge in [0, 0.05) is 0 Å².